The molecule has 0 bridgehead atoms. The number of rotatable bonds is 76. The van der Waals surface area contributed by atoms with E-state index in [0.717, 1.165) is 161 Å². The van der Waals surface area contributed by atoms with Gasteiger partial charge in [-0.05, 0) is 154 Å². The Kier molecular flexibility index (Phi) is 78.9. The Morgan fingerprint density at radius 1 is 0.292 bits per heavy atom. The van der Waals surface area contributed by atoms with Gasteiger partial charge in [-0.25, -0.2) is 4.57 Å². The Bertz CT molecular complexity index is 2610. The lowest BCUT2D eigenvalue weighted by molar-refractivity contribution is -0.870. The average Bonchev–Trinajstić information content (AvgIpc) is 0.908. The van der Waals surface area contributed by atoms with Gasteiger partial charge in [-0.2, -0.15) is 0 Å². The predicted molar refractivity (Wildman–Crippen MR) is 463 cm³/mol. The van der Waals surface area contributed by atoms with Gasteiger partial charge >= 0.3 is 19.8 Å². The van der Waals surface area contributed by atoms with Crippen molar-refractivity contribution in [3.63, 3.8) is 0 Å². The van der Waals surface area contributed by atoms with Crippen LogP contribution >= 0.6 is 7.82 Å². The van der Waals surface area contributed by atoms with Gasteiger partial charge in [0.05, 0.1) is 27.7 Å². The van der Waals surface area contributed by atoms with E-state index in [-0.39, 0.29) is 32.0 Å². The van der Waals surface area contributed by atoms with Crippen LogP contribution in [0.15, 0.2) is 219 Å². The average molecular weight is 1480 g/mol. The van der Waals surface area contributed by atoms with Gasteiger partial charge in [0.2, 0.25) is 0 Å². The third-order valence-electron chi connectivity index (χ3n) is 17.5. The Morgan fingerprint density at radius 3 is 0.755 bits per heavy atom. The molecule has 106 heavy (non-hydrogen) atoms. The molecule has 0 heterocycles. The predicted octanol–water partition coefficient (Wildman–Crippen LogP) is 29.1. The minimum absolute atomic E-state index is 0.0206. The number of allylic oxidation sites excluding steroid dienone is 36. The third kappa shape index (κ3) is 87.2. The van der Waals surface area contributed by atoms with Gasteiger partial charge in [-0.1, -0.05) is 374 Å². The molecule has 0 fully saturated rings. The van der Waals surface area contributed by atoms with Crippen molar-refractivity contribution in [3.8, 4) is 0 Å². The molecule has 598 valence electrons. The lowest BCUT2D eigenvalue weighted by Crippen LogP contribution is -2.37. The second-order valence-corrected chi connectivity index (χ2v) is 30.2. The standard InChI is InChI=1S/C96H156NO8P/c1-6-8-10-12-14-16-18-20-22-24-26-28-30-32-34-36-38-40-42-44-46-48-50-52-54-56-58-60-62-64-66-68-70-72-74-76-78-80-82-84-86-88-95(98)102-92-94(93-104-106(100,101)103-91-90-97(3,4)5)105-96(99)89-87-85-83-81-79-77-75-73-71-69-67-65-63-61-59-57-55-53-51-49-47-45-43-41-39-37-35-33-31-29-27-25-23-21-19-17-15-13-11-9-7-2/h8-11,14-17,20-23,26-29,32-35,38-41,44-47,51,53,57,59,63,65,69,71,94H,6-7,12-13,18-19,24-25,30-31,36-37,42-43,48-50,52,54-56,58,60-62,64,66-68,70,72-93H2,1-5H3/p+1/b10-8-,11-9-,16-14-,17-15-,22-20-,23-21-,28-26-,29-27-,34-32-,35-33-,40-38-,41-39-,46-44-,47-45-,53-51-,59-57-,65-63-,71-69-. The second-order valence-electron chi connectivity index (χ2n) is 28.7. The fourth-order valence-electron chi connectivity index (χ4n) is 11.1. The maximum atomic E-state index is 12.9. The number of carbonyl (C=O) groups is 2. The van der Waals surface area contributed by atoms with Crippen molar-refractivity contribution in [2.75, 3.05) is 47.5 Å². The summed E-state index contributed by atoms with van der Waals surface area (Å²) in [5.74, 6) is -0.814. The smallest absolute Gasteiger partial charge is 0.462 e. The lowest BCUT2D eigenvalue weighted by atomic mass is 10.0. The summed E-state index contributed by atoms with van der Waals surface area (Å²) in [6, 6.07) is 0. The van der Waals surface area contributed by atoms with Crippen LogP contribution in [-0.2, 0) is 32.7 Å². The Balaban J connectivity index is 4.04. The van der Waals surface area contributed by atoms with Gasteiger partial charge in [0.15, 0.2) is 6.10 Å². The van der Waals surface area contributed by atoms with E-state index in [1.165, 1.54) is 128 Å². The largest absolute Gasteiger partial charge is 0.472 e. The molecule has 0 aliphatic carbocycles. The van der Waals surface area contributed by atoms with E-state index in [1.807, 2.05) is 21.1 Å². The molecule has 0 saturated heterocycles. The molecule has 0 aliphatic heterocycles. The monoisotopic (exact) mass is 1480 g/mol. The van der Waals surface area contributed by atoms with Gasteiger partial charge in [-0.3, -0.25) is 18.6 Å². The van der Waals surface area contributed by atoms with E-state index in [9.17, 15) is 19.0 Å². The number of esters is 2. The summed E-state index contributed by atoms with van der Waals surface area (Å²) < 4.78 is 34.8. The molecule has 0 spiro atoms. The molecule has 0 rings (SSSR count). The molecular formula is C96H157NO8P+. The summed E-state index contributed by atoms with van der Waals surface area (Å²) in [7, 11) is 1.45. The number of nitrogens with zero attached hydrogens (tertiary/aromatic N) is 1. The molecule has 0 aromatic rings. The Hall–Kier alpha value is -5.67. The molecule has 0 aliphatic rings. The molecule has 0 saturated carbocycles. The number of phosphoric ester groups is 1. The first kappa shape index (κ1) is 100. The molecule has 0 radical (unpaired) electrons. The maximum absolute atomic E-state index is 12.9. The molecule has 9 nitrogen and oxygen atoms in total. The van der Waals surface area contributed by atoms with E-state index in [1.54, 1.807) is 0 Å². The van der Waals surface area contributed by atoms with Crippen molar-refractivity contribution < 1.29 is 42.1 Å². The summed E-state index contributed by atoms with van der Waals surface area (Å²) in [6.45, 7) is 4.19. The van der Waals surface area contributed by atoms with E-state index in [4.69, 9.17) is 18.5 Å². The highest BCUT2D eigenvalue weighted by Gasteiger charge is 2.27. The van der Waals surface area contributed by atoms with Crippen LogP contribution in [-0.4, -0.2) is 74.9 Å². The van der Waals surface area contributed by atoms with Crippen LogP contribution in [0.2, 0.25) is 0 Å². The third-order valence-corrected chi connectivity index (χ3v) is 18.5. The zero-order valence-electron chi connectivity index (χ0n) is 68.3. The number of hydrogen-bond donors (Lipinski definition) is 1. The lowest BCUT2D eigenvalue weighted by Gasteiger charge is -2.24. The first-order valence-corrected chi connectivity index (χ1v) is 44.0. The van der Waals surface area contributed by atoms with Gasteiger partial charge < -0.3 is 18.9 Å². The molecule has 10 heteroatoms. The van der Waals surface area contributed by atoms with Crippen LogP contribution in [0.25, 0.3) is 0 Å². The van der Waals surface area contributed by atoms with E-state index in [2.05, 4.69) is 233 Å². The minimum atomic E-state index is -4.41. The number of quaternary nitrogens is 1. The Morgan fingerprint density at radius 2 is 0.509 bits per heavy atom. The van der Waals surface area contributed by atoms with Crippen LogP contribution in [0.3, 0.4) is 0 Å². The second kappa shape index (κ2) is 83.4. The topological polar surface area (TPSA) is 108 Å². The maximum Gasteiger partial charge on any atom is 0.472 e. The van der Waals surface area contributed by atoms with Gasteiger partial charge in [0.25, 0.3) is 0 Å². The fourth-order valence-corrected chi connectivity index (χ4v) is 11.9. The number of likely N-dealkylation sites (N-methyl/N-ethyl adjacent to an activating group) is 1. The number of carbonyl (C=O) groups excluding carboxylic acids is 2. The van der Waals surface area contributed by atoms with E-state index >= 15 is 0 Å². The SMILES string of the molecule is CC/C=C\C/C=C\C/C=C\C/C=C\C/C=C\C/C=C\C/C=C\C/C=C\C/C=C\C/C=C\C/C=C\CCCCCCCCCC(=O)OC(COC(=O)CCCCCCCCCCCCCCCCCCCCC/C=C\C/C=C\C/C=C\C/C=C\C/C=C\C/C=C\C/C=C\CC)COP(=O)(O)OCC[N+](C)(C)C. The van der Waals surface area contributed by atoms with Gasteiger partial charge in [0, 0.05) is 12.8 Å². The zero-order chi connectivity index (χ0) is 76.8. The molecule has 2 unspecified atom stereocenters. The molecule has 0 aromatic carbocycles. The van der Waals surface area contributed by atoms with E-state index in [0.29, 0.717) is 17.4 Å². The van der Waals surface area contributed by atoms with Crippen LogP contribution < -0.4 is 0 Å². The summed E-state index contributed by atoms with van der Waals surface area (Å²) in [6.07, 6.45) is 132. The van der Waals surface area contributed by atoms with Crippen molar-refractivity contribution in [3.05, 3.63) is 219 Å². The van der Waals surface area contributed by atoms with Crippen molar-refractivity contribution in [2.24, 2.45) is 0 Å². The number of unbranched alkanes of at least 4 members (excludes halogenated alkanes) is 26. The van der Waals surface area contributed by atoms with E-state index < -0.39 is 26.5 Å². The van der Waals surface area contributed by atoms with Crippen LogP contribution in [0.5, 0.6) is 0 Å². The summed E-state index contributed by atoms with van der Waals surface area (Å²) in [5.41, 5.74) is 0. The molecule has 1 N–H and O–H groups in total. The first-order valence-electron chi connectivity index (χ1n) is 42.5. The molecule has 0 aromatic heterocycles. The van der Waals surface area contributed by atoms with Gasteiger partial charge in [-0.15, -0.1) is 0 Å². The normalized spacial score (nSPS) is 14.1. The first-order chi connectivity index (χ1) is 52.0. The summed E-state index contributed by atoms with van der Waals surface area (Å²) in [4.78, 5) is 36.0. The van der Waals surface area contributed by atoms with Crippen LogP contribution in [0.1, 0.15) is 322 Å². The highest BCUT2D eigenvalue weighted by atomic mass is 31.2. The molecule has 2 atom stereocenters. The quantitative estimate of drug-likeness (QED) is 0.0211. The highest BCUT2D eigenvalue weighted by molar-refractivity contribution is 7.47. The van der Waals surface area contributed by atoms with Crippen molar-refractivity contribution in [1.29, 1.82) is 0 Å². The van der Waals surface area contributed by atoms with Crippen molar-refractivity contribution >= 4 is 19.8 Å². The Labute approximate surface area is 652 Å². The number of ether oxygens (including phenoxy) is 2. The number of hydrogen-bond acceptors (Lipinski definition) is 7. The van der Waals surface area contributed by atoms with Crippen molar-refractivity contribution in [1.82, 2.24) is 0 Å². The summed E-state index contributed by atoms with van der Waals surface area (Å²) >= 11 is 0. The zero-order valence-corrected chi connectivity index (χ0v) is 69.2. The highest BCUT2D eigenvalue weighted by Crippen LogP contribution is 2.43. The summed E-state index contributed by atoms with van der Waals surface area (Å²) in [5, 5.41) is 0. The molecular weight excluding hydrogens is 1330 g/mol. The number of phosphoric acid groups is 1. The van der Waals surface area contributed by atoms with Crippen molar-refractivity contribution in [2.45, 2.75) is 328 Å². The van der Waals surface area contributed by atoms with Crippen LogP contribution in [0, 0.1) is 0 Å². The van der Waals surface area contributed by atoms with Crippen LogP contribution in [0.4, 0.5) is 0 Å². The minimum Gasteiger partial charge on any atom is -0.462 e. The fraction of sp³-hybridized carbons (Fsp3) is 0.604. The van der Waals surface area contributed by atoms with Gasteiger partial charge in [0.1, 0.15) is 19.8 Å². The molecule has 0 amide bonds.